The van der Waals surface area contributed by atoms with Gasteiger partial charge in [-0.05, 0) is 20.8 Å². The summed E-state index contributed by atoms with van der Waals surface area (Å²) >= 11 is 0. The number of ether oxygens (including phenoxy) is 1. The molecule has 0 fully saturated rings. The first-order valence-electron chi connectivity index (χ1n) is 5.37. The monoisotopic (exact) mass is 269 g/mol. The van der Waals surface area contributed by atoms with Gasteiger partial charge in [0, 0.05) is 12.1 Å². The fourth-order valence-corrected chi connectivity index (χ4v) is 1.18. The summed E-state index contributed by atoms with van der Waals surface area (Å²) in [6.07, 6.45) is -0.794. The van der Waals surface area contributed by atoms with Crippen molar-refractivity contribution in [1.29, 1.82) is 5.26 Å². The van der Waals surface area contributed by atoms with E-state index in [-0.39, 0.29) is 5.69 Å². The summed E-state index contributed by atoms with van der Waals surface area (Å²) in [5, 5.41) is 8.50. The van der Waals surface area contributed by atoms with Crippen molar-refractivity contribution >= 4 is 11.8 Å². The van der Waals surface area contributed by atoms with Crippen molar-refractivity contribution < 1.29 is 18.3 Å². The van der Waals surface area contributed by atoms with Crippen molar-refractivity contribution in [2.45, 2.75) is 26.4 Å². The molecule has 1 rings (SSSR count). The van der Waals surface area contributed by atoms with Gasteiger partial charge in [-0.2, -0.15) is 5.26 Å². The van der Waals surface area contributed by atoms with Gasteiger partial charge in [0.25, 0.3) is 0 Å². The van der Waals surface area contributed by atoms with Gasteiger partial charge in [-0.25, -0.2) is 19.0 Å². The van der Waals surface area contributed by atoms with Crippen LogP contribution in [0.25, 0.3) is 0 Å². The lowest BCUT2D eigenvalue weighted by Crippen LogP contribution is -2.35. The van der Waals surface area contributed by atoms with Gasteiger partial charge in [0.2, 0.25) is 0 Å². The van der Waals surface area contributed by atoms with Gasteiger partial charge in [-0.15, -0.1) is 0 Å². The normalized spacial score (nSPS) is 10.5. The van der Waals surface area contributed by atoms with Crippen LogP contribution < -0.4 is 10.9 Å². The molecule has 19 heavy (non-hydrogen) atoms. The third-order valence-corrected chi connectivity index (χ3v) is 1.86. The first-order chi connectivity index (χ1) is 8.73. The topological polar surface area (TPSA) is 74.2 Å². The highest BCUT2D eigenvalue weighted by molar-refractivity contribution is 5.69. The standard InChI is InChI=1S/C12H13F2N3O2/c1-12(2,3)19-11(18)17-16-7-4-9(13)8(6-15)10(14)5-7/h4-5,16H,1-3H3,(H,17,18). The fraction of sp³-hybridized carbons (Fsp3) is 0.333. The molecule has 0 aliphatic heterocycles. The lowest BCUT2D eigenvalue weighted by atomic mass is 10.2. The van der Waals surface area contributed by atoms with Crippen LogP contribution in [0.1, 0.15) is 26.3 Å². The largest absolute Gasteiger partial charge is 0.443 e. The smallest absolute Gasteiger partial charge is 0.426 e. The predicted octanol–water partition coefficient (Wildman–Crippen LogP) is 2.69. The number of benzene rings is 1. The molecule has 0 unspecified atom stereocenters. The summed E-state index contributed by atoms with van der Waals surface area (Å²) in [6, 6.07) is 3.17. The summed E-state index contributed by atoms with van der Waals surface area (Å²) in [7, 11) is 0. The number of hydrogen-bond donors (Lipinski definition) is 2. The number of nitrogens with zero attached hydrogens (tertiary/aromatic N) is 1. The molecule has 2 N–H and O–H groups in total. The summed E-state index contributed by atoms with van der Waals surface area (Å²) < 4.78 is 31.4. The van der Waals surface area contributed by atoms with Crippen molar-refractivity contribution in [3.8, 4) is 6.07 Å². The van der Waals surface area contributed by atoms with Gasteiger partial charge in [0.1, 0.15) is 28.9 Å². The Morgan fingerprint density at radius 1 is 1.32 bits per heavy atom. The summed E-state index contributed by atoms with van der Waals surface area (Å²) in [5.41, 5.74) is 3.00. The van der Waals surface area contributed by atoms with Crippen molar-refractivity contribution in [2.75, 3.05) is 5.43 Å². The molecule has 0 aromatic heterocycles. The second kappa shape index (κ2) is 5.52. The minimum Gasteiger partial charge on any atom is -0.443 e. The highest BCUT2D eigenvalue weighted by Gasteiger charge is 2.16. The van der Waals surface area contributed by atoms with Crippen LogP contribution in [-0.2, 0) is 4.74 Å². The van der Waals surface area contributed by atoms with E-state index in [9.17, 15) is 13.6 Å². The molecule has 0 aliphatic carbocycles. The molecular weight excluding hydrogens is 256 g/mol. The van der Waals surface area contributed by atoms with Crippen molar-refractivity contribution in [2.24, 2.45) is 0 Å². The molecule has 0 saturated heterocycles. The second-order valence-electron chi connectivity index (χ2n) is 4.68. The average molecular weight is 269 g/mol. The number of amides is 1. The number of anilines is 1. The number of hydrogen-bond acceptors (Lipinski definition) is 4. The van der Waals surface area contributed by atoms with Crippen LogP contribution in [-0.4, -0.2) is 11.7 Å². The molecule has 0 spiro atoms. The molecule has 0 saturated carbocycles. The van der Waals surface area contributed by atoms with Gasteiger partial charge in [-0.1, -0.05) is 0 Å². The Morgan fingerprint density at radius 2 is 1.84 bits per heavy atom. The molecule has 0 bridgehead atoms. The second-order valence-corrected chi connectivity index (χ2v) is 4.68. The fourth-order valence-electron chi connectivity index (χ4n) is 1.18. The van der Waals surface area contributed by atoms with E-state index in [1.807, 2.05) is 0 Å². The van der Waals surface area contributed by atoms with Crippen LogP contribution in [0.15, 0.2) is 12.1 Å². The summed E-state index contributed by atoms with van der Waals surface area (Å²) in [6.45, 7) is 5.02. The van der Waals surface area contributed by atoms with Crippen LogP contribution in [0, 0.1) is 23.0 Å². The van der Waals surface area contributed by atoms with Gasteiger partial charge >= 0.3 is 6.09 Å². The molecule has 1 aromatic rings. The first-order valence-corrected chi connectivity index (χ1v) is 5.37. The quantitative estimate of drug-likeness (QED) is 0.809. The van der Waals surface area contributed by atoms with Crippen LogP contribution >= 0.6 is 0 Å². The molecule has 1 amide bonds. The minimum atomic E-state index is -1.02. The Bertz CT molecular complexity index is 510. The van der Waals surface area contributed by atoms with E-state index in [1.54, 1.807) is 20.8 Å². The van der Waals surface area contributed by atoms with Gasteiger partial charge in [0.05, 0.1) is 5.69 Å². The Kier molecular flexibility index (Phi) is 4.27. The predicted molar refractivity (Wildman–Crippen MR) is 64.1 cm³/mol. The molecule has 5 nitrogen and oxygen atoms in total. The number of hydrazine groups is 1. The Hall–Kier alpha value is -2.36. The number of nitrogens with one attached hydrogen (secondary N) is 2. The van der Waals surface area contributed by atoms with E-state index in [0.717, 1.165) is 12.1 Å². The molecule has 1 aromatic carbocycles. The van der Waals surface area contributed by atoms with E-state index >= 15 is 0 Å². The zero-order valence-corrected chi connectivity index (χ0v) is 10.7. The van der Waals surface area contributed by atoms with E-state index < -0.39 is 28.9 Å². The Balaban J connectivity index is 2.70. The molecule has 0 aliphatic rings. The van der Waals surface area contributed by atoms with Crippen molar-refractivity contribution in [3.63, 3.8) is 0 Å². The third-order valence-electron chi connectivity index (χ3n) is 1.86. The van der Waals surface area contributed by atoms with E-state index in [1.165, 1.54) is 6.07 Å². The number of rotatable bonds is 2. The maximum absolute atomic E-state index is 13.3. The number of carbonyl (C=O) groups excluding carboxylic acids is 1. The van der Waals surface area contributed by atoms with Crippen LogP contribution in [0.5, 0.6) is 0 Å². The first kappa shape index (κ1) is 14.7. The van der Waals surface area contributed by atoms with Gasteiger partial charge in [-0.3, -0.25) is 5.43 Å². The van der Waals surface area contributed by atoms with Gasteiger partial charge in [0.15, 0.2) is 0 Å². The van der Waals surface area contributed by atoms with E-state index in [2.05, 4.69) is 10.9 Å². The molecule has 0 radical (unpaired) electrons. The van der Waals surface area contributed by atoms with E-state index in [0.29, 0.717) is 0 Å². The van der Waals surface area contributed by atoms with E-state index in [4.69, 9.17) is 10.00 Å². The molecule has 7 heteroatoms. The van der Waals surface area contributed by atoms with Gasteiger partial charge < -0.3 is 4.74 Å². The molecule has 102 valence electrons. The van der Waals surface area contributed by atoms with Crippen molar-refractivity contribution in [3.05, 3.63) is 29.3 Å². The number of halogens is 2. The molecule has 0 atom stereocenters. The highest BCUT2D eigenvalue weighted by atomic mass is 19.1. The van der Waals surface area contributed by atoms with Crippen LogP contribution in [0.2, 0.25) is 0 Å². The maximum Gasteiger partial charge on any atom is 0.426 e. The number of carbonyl (C=O) groups is 1. The lowest BCUT2D eigenvalue weighted by Gasteiger charge is -2.20. The van der Waals surface area contributed by atoms with Crippen LogP contribution in [0.3, 0.4) is 0 Å². The lowest BCUT2D eigenvalue weighted by molar-refractivity contribution is 0.0541. The summed E-state index contributed by atoms with van der Waals surface area (Å²) in [4.78, 5) is 11.3. The molecule has 0 heterocycles. The van der Waals surface area contributed by atoms with Crippen molar-refractivity contribution in [1.82, 2.24) is 5.43 Å². The highest BCUT2D eigenvalue weighted by Crippen LogP contribution is 2.17. The number of nitriles is 1. The Morgan fingerprint density at radius 3 is 2.26 bits per heavy atom. The Labute approximate surface area is 109 Å². The minimum absolute atomic E-state index is 0.0418. The third kappa shape index (κ3) is 4.43. The molecular formula is C12H13F2N3O2. The zero-order chi connectivity index (χ0) is 14.6. The SMILES string of the molecule is CC(C)(C)OC(=O)NNc1cc(F)c(C#N)c(F)c1. The summed E-state index contributed by atoms with van der Waals surface area (Å²) in [5.74, 6) is -2.04. The zero-order valence-electron chi connectivity index (χ0n) is 10.7. The average Bonchev–Trinajstić information content (AvgIpc) is 2.23. The van der Waals surface area contributed by atoms with Crippen LogP contribution in [0.4, 0.5) is 19.3 Å². The maximum atomic E-state index is 13.3.